The molecule has 2 atom stereocenters. The molecule has 0 radical (unpaired) electrons. The van der Waals surface area contributed by atoms with Crippen LogP contribution >= 0.6 is 23.4 Å². The zero-order valence-corrected chi connectivity index (χ0v) is 13.7. The zero-order valence-electron chi connectivity index (χ0n) is 12.1. The van der Waals surface area contributed by atoms with Crippen LogP contribution in [-0.4, -0.2) is 31.3 Å². The third kappa shape index (κ3) is 2.50. The molecular weight excluding hydrogens is 280 g/mol. The van der Waals surface area contributed by atoms with E-state index in [9.17, 15) is 0 Å². The van der Waals surface area contributed by atoms with E-state index in [1.165, 1.54) is 0 Å². The van der Waals surface area contributed by atoms with E-state index in [0.29, 0.717) is 6.04 Å². The Morgan fingerprint density at radius 2 is 2.05 bits per heavy atom. The van der Waals surface area contributed by atoms with Crippen molar-refractivity contribution in [3.63, 3.8) is 0 Å². The Morgan fingerprint density at radius 1 is 1.37 bits per heavy atom. The molecule has 0 amide bonds. The Bertz CT molecular complexity index is 573. The number of rotatable bonds is 5. The summed E-state index contributed by atoms with van der Waals surface area (Å²) in [4.78, 5) is 4.72. The van der Waals surface area contributed by atoms with Crippen LogP contribution in [-0.2, 0) is 6.54 Å². The second-order valence-corrected chi connectivity index (χ2v) is 6.40. The highest BCUT2D eigenvalue weighted by Crippen LogP contribution is 2.30. The van der Waals surface area contributed by atoms with Crippen molar-refractivity contribution in [2.24, 2.45) is 0 Å². The SMILES string of the molecule is CCn1nc(C)c2nc(C(C)Cl)n(C(C)CSC)c21. The van der Waals surface area contributed by atoms with Gasteiger partial charge in [0.1, 0.15) is 11.3 Å². The standard InChI is InChI=1S/C13H21ClN4S/c1-6-17-13-11(10(4)16-17)15-12(9(3)14)18(13)8(2)7-19-5/h8-9H,6-7H2,1-5H3. The van der Waals surface area contributed by atoms with Gasteiger partial charge in [-0.25, -0.2) is 9.67 Å². The molecule has 0 saturated heterocycles. The molecule has 0 aliphatic rings. The molecule has 2 rings (SSSR count). The van der Waals surface area contributed by atoms with Gasteiger partial charge in [-0.3, -0.25) is 0 Å². The maximum absolute atomic E-state index is 6.31. The summed E-state index contributed by atoms with van der Waals surface area (Å²) in [5.41, 5.74) is 3.06. The van der Waals surface area contributed by atoms with E-state index in [1.807, 2.05) is 30.3 Å². The molecule has 0 spiro atoms. The highest BCUT2D eigenvalue weighted by Gasteiger charge is 2.23. The van der Waals surface area contributed by atoms with Gasteiger partial charge in [0.2, 0.25) is 0 Å². The van der Waals surface area contributed by atoms with Gasteiger partial charge in [-0.2, -0.15) is 16.9 Å². The minimum atomic E-state index is -0.0959. The Hall–Kier alpha value is -0.680. The molecule has 0 bridgehead atoms. The molecule has 6 heteroatoms. The molecule has 4 nitrogen and oxygen atoms in total. The predicted molar refractivity (Wildman–Crippen MR) is 83.3 cm³/mol. The first kappa shape index (κ1) is 14.7. The number of alkyl halides is 1. The first-order chi connectivity index (χ1) is 9.01. The lowest BCUT2D eigenvalue weighted by Crippen LogP contribution is -2.15. The number of halogens is 1. The van der Waals surface area contributed by atoms with E-state index in [2.05, 4.69) is 29.8 Å². The van der Waals surface area contributed by atoms with Crippen molar-refractivity contribution >= 4 is 34.5 Å². The van der Waals surface area contributed by atoms with E-state index in [1.54, 1.807) is 0 Å². The Balaban J connectivity index is 2.70. The number of fused-ring (bicyclic) bond motifs is 1. The first-order valence-corrected chi connectivity index (χ1v) is 8.42. The topological polar surface area (TPSA) is 35.6 Å². The lowest BCUT2D eigenvalue weighted by Gasteiger charge is -2.18. The molecule has 0 saturated carbocycles. The summed E-state index contributed by atoms with van der Waals surface area (Å²) in [6.07, 6.45) is 2.12. The smallest absolute Gasteiger partial charge is 0.159 e. The van der Waals surface area contributed by atoms with E-state index in [4.69, 9.17) is 16.6 Å². The molecule has 0 aromatic carbocycles. The summed E-state index contributed by atoms with van der Waals surface area (Å²) in [5.74, 6) is 1.98. The highest BCUT2D eigenvalue weighted by molar-refractivity contribution is 7.98. The van der Waals surface area contributed by atoms with Crippen LogP contribution in [0.25, 0.3) is 11.2 Å². The van der Waals surface area contributed by atoms with Crippen LogP contribution in [0.4, 0.5) is 0 Å². The van der Waals surface area contributed by atoms with Crippen molar-refractivity contribution in [3.8, 4) is 0 Å². The van der Waals surface area contributed by atoms with Crippen molar-refractivity contribution in [1.29, 1.82) is 0 Å². The van der Waals surface area contributed by atoms with Gasteiger partial charge in [0, 0.05) is 18.3 Å². The lowest BCUT2D eigenvalue weighted by molar-refractivity contribution is 0.560. The maximum Gasteiger partial charge on any atom is 0.159 e. The minimum Gasteiger partial charge on any atom is -0.308 e. The zero-order chi connectivity index (χ0) is 14.2. The number of aromatic nitrogens is 4. The molecule has 19 heavy (non-hydrogen) atoms. The Kier molecular flexibility index (Phi) is 4.46. The summed E-state index contributed by atoms with van der Waals surface area (Å²) in [6, 6.07) is 0.359. The summed E-state index contributed by atoms with van der Waals surface area (Å²) >= 11 is 8.14. The average molecular weight is 301 g/mol. The fourth-order valence-electron chi connectivity index (χ4n) is 2.46. The molecule has 0 N–H and O–H groups in total. The van der Waals surface area contributed by atoms with Gasteiger partial charge in [0.05, 0.1) is 11.1 Å². The number of hydrogen-bond acceptors (Lipinski definition) is 3. The number of nitrogens with zero attached hydrogens (tertiary/aromatic N) is 4. The van der Waals surface area contributed by atoms with E-state index in [-0.39, 0.29) is 5.38 Å². The quantitative estimate of drug-likeness (QED) is 0.788. The van der Waals surface area contributed by atoms with Crippen molar-refractivity contribution in [2.75, 3.05) is 12.0 Å². The average Bonchev–Trinajstić information content (AvgIpc) is 2.88. The molecule has 2 aromatic heterocycles. The van der Waals surface area contributed by atoms with Crippen molar-refractivity contribution in [1.82, 2.24) is 19.3 Å². The third-order valence-electron chi connectivity index (χ3n) is 3.28. The summed E-state index contributed by atoms with van der Waals surface area (Å²) < 4.78 is 4.28. The first-order valence-electron chi connectivity index (χ1n) is 6.59. The van der Waals surface area contributed by atoms with Gasteiger partial charge in [-0.05, 0) is 34.0 Å². The Labute approximate surface area is 123 Å². The lowest BCUT2D eigenvalue weighted by atomic mass is 10.3. The van der Waals surface area contributed by atoms with Gasteiger partial charge in [0.25, 0.3) is 0 Å². The van der Waals surface area contributed by atoms with Crippen LogP contribution < -0.4 is 0 Å². The maximum atomic E-state index is 6.31. The van der Waals surface area contributed by atoms with Crippen LogP contribution in [0.15, 0.2) is 0 Å². The van der Waals surface area contributed by atoms with Gasteiger partial charge in [0.15, 0.2) is 5.65 Å². The van der Waals surface area contributed by atoms with Crippen LogP contribution in [0.3, 0.4) is 0 Å². The fraction of sp³-hybridized carbons (Fsp3) is 0.692. The van der Waals surface area contributed by atoms with Crippen LogP contribution in [0.5, 0.6) is 0 Å². The van der Waals surface area contributed by atoms with Crippen LogP contribution in [0.1, 0.15) is 43.7 Å². The summed E-state index contributed by atoms with van der Waals surface area (Å²) in [6.45, 7) is 9.14. The van der Waals surface area contributed by atoms with Gasteiger partial charge >= 0.3 is 0 Å². The van der Waals surface area contributed by atoms with E-state index >= 15 is 0 Å². The van der Waals surface area contributed by atoms with Crippen LogP contribution in [0.2, 0.25) is 0 Å². The largest absolute Gasteiger partial charge is 0.308 e. The molecular formula is C13H21ClN4S. The summed E-state index contributed by atoms with van der Waals surface area (Å²) in [5, 5.41) is 4.46. The Morgan fingerprint density at radius 3 is 2.58 bits per heavy atom. The molecule has 0 aliphatic carbocycles. The molecule has 0 fully saturated rings. The summed E-state index contributed by atoms with van der Waals surface area (Å²) in [7, 11) is 0. The van der Waals surface area contributed by atoms with Gasteiger partial charge in [-0.15, -0.1) is 11.6 Å². The van der Waals surface area contributed by atoms with Crippen molar-refractivity contribution < 1.29 is 0 Å². The van der Waals surface area contributed by atoms with Crippen molar-refractivity contribution in [2.45, 2.75) is 45.7 Å². The predicted octanol–water partition coefficient (Wildman–Crippen LogP) is 3.78. The highest BCUT2D eigenvalue weighted by atomic mass is 35.5. The fourth-order valence-corrected chi connectivity index (χ4v) is 3.24. The minimum absolute atomic E-state index is 0.0959. The van der Waals surface area contributed by atoms with Crippen LogP contribution in [0, 0.1) is 6.92 Å². The number of thioether (sulfide) groups is 1. The molecule has 0 aliphatic heterocycles. The van der Waals surface area contributed by atoms with E-state index < -0.39 is 0 Å². The molecule has 106 valence electrons. The van der Waals surface area contributed by atoms with Crippen molar-refractivity contribution in [3.05, 3.63) is 11.5 Å². The monoisotopic (exact) mass is 300 g/mol. The van der Waals surface area contributed by atoms with Gasteiger partial charge in [-0.1, -0.05) is 0 Å². The molecule has 2 unspecified atom stereocenters. The third-order valence-corrected chi connectivity index (χ3v) is 4.29. The molecule has 2 heterocycles. The number of imidazole rings is 1. The number of hydrogen-bond donors (Lipinski definition) is 0. The molecule has 2 aromatic rings. The van der Waals surface area contributed by atoms with E-state index in [0.717, 1.165) is 35.0 Å². The normalized spacial score (nSPS) is 15.1. The van der Waals surface area contributed by atoms with Gasteiger partial charge < -0.3 is 4.57 Å². The second-order valence-electron chi connectivity index (χ2n) is 4.83. The number of aryl methyl sites for hydroxylation is 2. The second kappa shape index (κ2) is 5.75.